The summed E-state index contributed by atoms with van der Waals surface area (Å²) in [7, 11) is 0. The van der Waals surface area contributed by atoms with Gasteiger partial charge in [0.2, 0.25) is 0 Å². The van der Waals surface area contributed by atoms with Crippen LogP contribution in [0.1, 0.15) is 26.3 Å². The van der Waals surface area contributed by atoms with E-state index in [1.165, 1.54) is 12.1 Å². The summed E-state index contributed by atoms with van der Waals surface area (Å²) in [5.41, 5.74) is 4.18. The van der Waals surface area contributed by atoms with Crippen LogP contribution in [0.2, 0.25) is 0 Å². The molecule has 2 heterocycles. The van der Waals surface area contributed by atoms with Crippen LogP contribution >= 0.6 is 0 Å². The lowest BCUT2D eigenvalue weighted by Crippen LogP contribution is -2.14. The molecule has 4 aromatic rings. The summed E-state index contributed by atoms with van der Waals surface area (Å²) in [6.07, 6.45) is 3.52. The third-order valence-corrected chi connectivity index (χ3v) is 4.76. The van der Waals surface area contributed by atoms with Gasteiger partial charge >= 0.3 is 0 Å². The molecule has 0 fully saturated rings. The van der Waals surface area contributed by atoms with Crippen LogP contribution in [-0.4, -0.2) is 25.2 Å². The summed E-state index contributed by atoms with van der Waals surface area (Å²) in [4.78, 5) is 9.08. The Hall–Kier alpha value is -3.49. The fraction of sp³-hybridized carbons (Fsp3) is 0.200. The molecule has 0 saturated heterocycles. The number of rotatable bonds is 3. The SMILES string of the molecule is CCn1cnc(-c2ccc(F)cc2)c1-c1ccc2ncc(C#CC(C)(C)O)cc2c1. The highest BCUT2D eigenvalue weighted by atomic mass is 19.1. The predicted octanol–water partition coefficient (Wildman–Crippen LogP) is 5.05. The number of fused-ring (bicyclic) bond motifs is 1. The van der Waals surface area contributed by atoms with Gasteiger partial charge in [0.1, 0.15) is 11.4 Å². The van der Waals surface area contributed by atoms with Gasteiger partial charge in [0.25, 0.3) is 0 Å². The average Bonchev–Trinajstić information content (AvgIpc) is 3.16. The predicted molar refractivity (Wildman–Crippen MR) is 117 cm³/mol. The molecule has 0 bridgehead atoms. The van der Waals surface area contributed by atoms with Crippen LogP contribution in [0.25, 0.3) is 33.4 Å². The molecule has 0 unspecified atom stereocenters. The molecule has 150 valence electrons. The molecule has 4 rings (SSSR count). The van der Waals surface area contributed by atoms with Crippen molar-refractivity contribution in [3.8, 4) is 34.4 Å². The van der Waals surface area contributed by atoms with Gasteiger partial charge in [-0.15, -0.1) is 0 Å². The quantitative estimate of drug-likeness (QED) is 0.491. The van der Waals surface area contributed by atoms with E-state index in [2.05, 4.69) is 39.4 Å². The summed E-state index contributed by atoms with van der Waals surface area (Å²) >= 11 is 0. The van der Waals surface area contributed by atoms with Crippen LogP contribution in [-0.2, 0) is 6.54 Å². The second kappa shape index (κ2) is 7.74. The zero-order valence-corrected chi connectivity index (χ0v) is 17.1. The Kier molecular flexibility index (Phi) is 5.11. The van der Waals surface area contributed by atoms with Gasteiger partial charge in [-0.25, -0.2) is 9.37 Å². The maximum absolute atomic E-state index is 13.4. The number of aryl methyl sites for hydroxylation is 1. The zero-order valence-electron chi connectivity index (χ0n) is 17.1. The van der Waals surface area contributed by atoms with Gasteiger partial charge in [0.15, 0.2) is 0 Å². The number of halogens is 1. The third-order valence-electron chi connectivity index (χ3n) is 4.76. The van der Waals surface area contributed by atoms with Crippen LogP contribution in [0.5, 0.6) is 0 Å². The summed E-state index contributed by atoms with van der Waals surface area (Å²) in [5.74, 6) is 5.53. The lowest BCUT2D eigenvalue weighted by Gasteiger charge is -2.10. The van der Waals surface area contributed by atoms with E-state index in [9.17, 15) is 9.50 Å². The second-order valence-corrected chi connectivity index (χ2v) is 7.68. The monoisotopic (exact) mass is 399 g/mol. The van der Waals surface area contributed by atoms with E-state index >= 15 is 0 Å². The number of nitrogens with zero attached hydrogens (tertiary/aromatic N) is 3. The maximum atomic E-state index is 13.4. The van der Waals surface area contributed by atoms with Gasteiger partial charge in [0.05, 0.1) is 23.2 Å². The number of hydrogen-bond donors (Lipinski definition) is 1. The van der Waals surface area contributed by atoms with E-state index in [4.69, 9.17) is 0 Å². The largest absolute Gasteiger partial charge is 0.378 e. The standard InChI is InChI=1S/C25H22FN3O/c1-4-29-16-28-23(18-5-8-21(26)9-6-18)24(29)19-7-10-22-20(14-19)13-17(15-27-22)11-12-25(2,3)30/h5-10,13-16,30H,4H2,1-3H3. The van der Waals surface area contributed by atoms with Gasteiger partial charge < -0.3 is 9.67 Å². The molecule has 0 aliphatic heterocycles. The van der Waals surface area contributed by atoms with Crippen molar-refractivity contribution in [1.29, 1.82) is 0 Å². The van der Waals surface area contributed by atoms with Crippen LogP contribution in [0.15, 0.2) is 61.1 Å². The van der Waals surface area contributed by atoms with Crippen molar-refractivity contribution in [3.05, 3.63) is 72.4 Å². The van der Waals surface area contributed by atoms with Crippen LogP contribution in [0.4, 0.5) is 4.39 Å². The molecule has 1 N–H and O–H groups in total. The van der Waals surface area contributed by atoms with Crippen molar-refractivity contribution in [2.45, 2.75) is 32.9 Å². The number of imidazole rings is 1. The minimum absolute atomic E-state index is 0.272. The molecule has 0 aliphatic carbocycles. The second-order valence-electron chi connectivity index (χ2n) is 7.68. The maximum Gasteiger partial charge on any atom is 0.123 e. The molecule has 0 radical (unpaired) electrons. The number of aromatic nitrogens is 3. The van der Waals surface area contributed by atoms with Gasteiger partial charge in [-0.1, -0.05) is 17.9 Å². The number of aliphatic hydroxyl groups is 1. The molecule has 0 amide bonds. The summed E-state index contributed by atoms with van der Waals surface area (Å²) < 4.78 is 15.5. The molecular formula is C25H22FN3O. The molecule has 2 aromatic carbocycles. The Morgan fingerprint density at radius 2 is 1.77 bits per heavy atom. The number of pyridine rings is 1. The molecule has 4 nitrogen and oxygen atoms in total. The molecule has 0 atom stereocenters. The van der Waals surface area contributed by atoms with Crippen molar-refractivity contribution in [1.82, 2.24) is 14.5 Å². The first-order valence-corrected chi connectivity index (χ1v) is 9.81. The van der Waals surface area contributed by atoms with E-state index in [0.717, 1.165) is 45.5 Å². The van der Waals surface area contributed by atoms with Crippen molar-refractivity contribution in [2.24, 2.45) is 0 Å². The molecule has 30 heavy (non-hydrogen) atoms. The van der Waals surface area contributed by atoms with Crippen molar-refractivity contribution >= 4 is 10.9 Å². The molecular weight excluding hydrogens is 377 g/mol. The van der Waals surface area contributed by atoms with Crippen molar-refractivity contribution in [2.75, 3.05) is 0 Å². The van der Waals surface area contributed by atoms with Crippen molar-refractivity contribution < 1.29 is 9.50 Å². The Morgan fingerprint density at radius 3 is 2.47 bits per heavy atom. The van der Waals surface area contributed by atoms with Gasteiger partial charge in [-0.05, 0) is 63.2 Å². The minimum Gasteiger partial charge on any atom is -0.378 e. The molecule has 2 aromatic heterocycles. The lowest BCUT2D eigenvalue weighted by atomic mass is 10.0. The van der Waals surface area contributed by atoms with Crippen LogP contribution in [0.3, 0.4) is 0 Å². The smallest absolute Gasteiger partial charge is 0.123 e. The third kappa shape index (κ3) is 4.10. The van der Waals surface area contributed by atoms with Crippen molar-refractivity contribution in [3.63, 3.8) is 0 Å². The van der Waals surface area contributed by atoms with E-state index < -0.39 is 5.60 Å². The van der Waals surface area contributed by atoms with Crippen LogP contribution < -0.4 is 0 Å². The lowest BCUT2D eigenvalue weighted by molar-refractivity contribution is 0.143. The Balaban J connectivity index is 1.84. The average molecular weight is 399 g/mol. The van der Waals surface area contributed by atoms with E-state index in [-0.39, 0.29) is 5.82 Å². The molecule has 0 saturated carbocycles. The van der Waals surface area contributed by atoms with E-state index in [1.54, 1.807) is 32.2 Å². The summed E-state index contributed by atoms with van der Waals surface area (Å²) in [5, 5.41) is 10.8. The molecule has 5 heteroatoms. The highest BCUT2D eigenvalue weighted by molar-refractivity contribution is 5.88. The number of benzene rings is 2. The first-order valence-electron chi connectivity index (χ1n) is 9.81. The first-order chi connectivity index (χ1) is 14.3. The van der Waals surface area contributed by atoms with Gasteiger partial charge in [0, 0.05) is 34.8 Å². The topological polar surface area (TPSA) is 50.9 Å². The molecule has 0 aliphatic rings. The Morgan fingerprint density at radius 1 is 1.03 bits per heavy atom. The zero-order chi connectivity index (χ0) is 21.3. The minimum atomic E-state index is -1.06. The van der Waals surface area contributed by atoms with Gasteiger partial charge in [-0.2, -0.15) is 0 Å². The Labute approximate surface area is 175 Å². The first kappa shape index (κ1) is 19.8. The van der Waals surface area contributed by atoms with Gasteiger partial charge in [-0.3, -0.25) is 4.98 Å². The fourth-order valence-corrected chi connectivity index (χ4v) is 3.32. The summed E-state index contributed by atoms with van der Waals surface area (Å²) in [6, 6.07) is 14.4. The van der Waals surface area contributed by atoms with E-state index in [0.29, 0.717) is 0 Å². The Bertz CT molecular complexity index is 1270. The normalized spacial score (nSPS) is 11.4. The van der Waals surface area contributed by atoms with Crippen LogP contribution in [0, 0.1) is 17.7 Å². The highest BCUT2D eigenvalue weighted by Crippen LogP contribution is 2.33. The molecule has 0 spiro atoms. The van der Waals surface area contributed by atoms with E-state index in [1.807, 2.05) is 24.5 Å². The summed E-state index contributed by atoms with van der Waals surface area (Å²) in [6.45, 7) is 6.12. The number of hydrogen-bond acceptors (Lipinski definition) is 3. The highest BCUT2D eigenvalue weighted by Gasteiger charge is 2.15. The fourth-order valence-electron chi connectivity index (χ4n) is 3.32.